The van der Waals surface area contributed by atoms with Gasteiger partial charge in [0.2, 0.25) is 0 Å². The normalized spacial score (nSPS) is 18.3. The van der Waals surface area contributed by atoms with Gasteiger partial charge in [-0.1, -0.05) is 74.0 Å². The summed E-state index contributed by atoms with van der Waals surface area (Å²) in [5, 5.41) is 0. The molecule has 0 bridgehead atoms. The molecule has 1 heterocycles. The van der Waals surface area contributed by atoms with Crippen LogP contribution < -0.4 is 0 Å². The summed E-state index contributed by atoms with van der Waals surface area (Å²) in [7, 11) is 0. The van der Waals surface area contributed by atoms with E-state index in [0.717, 1.165) is 43.2 Å². The van der Waals surface area contributed by atoms with Crippen LogP contribution in [0, 0.1) is 23.4 Å². The van der Waals surface area contributed by atoms with E-state index in [0.29, 0.717) is 35.6 Å². The van der Waals surface area contributed by atoms with E-state index in [1.807, 2.05) is 38.1 Å². The first-order valence-electron chi connectivity index (χ1n) is 12.6. The Morgan fingerprint density at radius 3 is 2.29 bits per heavy atom. The topological polar surface area (TPSA) is 9.23 Å². The van der Waals surface area contributed by atoms with E-state index in [1.165, 1.54) is 6.07 Å². The molecule has 0 aliphatic carbocycles. The van der Waals surface area contributed by atoms with Gasteiger partial charge in [-0.25, -0.2) is 13.2 Å². The van der Waals surface area contributed by atoms with Gasteiger partial charge in [0.1, 0.15) is 5.82 Å². The van der Waals surface area contributed by atoms with E-state index in [1.54, 1.807) is 24.3 Å². The van der Waals surface area contributed by atoms with E-state index in [9.17, 15) is 8.78 Å². The van der Waals surface area contributed by atoms with E-state index in [-0.39, 0.29) is 17.5 Å². The zero-order valence-electron chi connectivity index (χ0n) is 20.5. The first-order valence-corrected chi connectivity index (χ1v) is 12.6. The molecule has 2 unspecified atom stereocenters. The van der Waals surface area contributed by atoms with Crippen molar-refractivity contribution in [2.24, 2.45) is 5.92 Å². The fourth-order valence-electron chi connectivity index (χ4n) is 4.86. The highest BCUT2D eigenvalue weighted by Gasteiger charge is 2.25. The third-order valence-corrected chi connectivity index (χ3v) is 6.91. The van der Waals surface area contributed by atoms with Gasteiger partial charge in [-0.3, -0.25) is 0 Å². The molecule has 0 spiro atoms. The smallest absolute Gasteiger partial charge is 0.166 e. The third kappa shape index (κ3) is 5.87. The molecule has 0 radical (unpaired) electrons. The largest absolute Gasteiger partial charge is 0.373 e. The summed E-state index contributed by atoms with van der Waals surface area (Å²) < 4.78 is 50.0. The number of aryl methyl sites for hydroxylation is 1. The summed E-state index contributed by atoms with van der Waals surface area (Å²) in [5.74, 6) is -1.34. The summed E-state index contributed by atoms with van der Waals surface area (Å²) in [6.07, 6.45) is 9.33. The van der Waals surface area contributed by atoms with Gasteiger partial charge in [-0.15, -0.1) is 0 Å². The van der Waals surface area contributed by atoms with E-state index in [2.05, 4.69) is 12.2 Å². The van der Waals surface area contributed by atoms with Crippen molar-refractivity contribution >= 4 is 0 Å². The Kier molecular flexibility index (Phi) is 8.46. The van der Waals surface area contributed by atoms with Crippen molar-refractivity contribution in [1.29, 1.82) is 0 Å². The third-order valence-electron chi connectivity index (χ3n) is 6.91. The van der Waals surface area contributed by atoms with Crippen LogP contribution in [0.2, 0.25) is 0 Å². The van der Waals surface area contributed by atoms with Gasteiger partial charge in [0, 0.05) is 11.1 Å². The van der Waals surface area contributed by atoms with Gasteiger partial charge >= 0.3 is 0 Å². The summed E-state index contributed by atoms with van der Waals surface area (Å²) in [4.78, 5) is 0. The van der Waals surface area contributed by atoms with Crippen molar-refractivity contribution in [3.05, 3.63) is 95.3 Å². The second-order valence-electron chi connectivity index (χ2n) is 9.38. The van der Waals surface area contributed by atoms with Crippen molar-refractivity contribution in [2.75, 3.05) is 6.61 Å². The van der Waals surface area contributed by atoms with Gasteiger partial charge in [0.15, 0.2) is 11.6 Å². The molecule has 3 aromatic carbocycles. The molecule has 35 heavy (non-hydrogen) atoms. The summed E-state index contributed by atoms with van der Waals surface area (Å²) in [6.45, 7) is 4.63. The predicted molar refractivity (Wildman–Crippen MR) is 137 cm³/mol. The van der Waals surface area contributed by atoms with Crippen LogP contribution in [0.3, 0.4) is 0 Å². The van der Waals surface area contributed by atoms with Crippen LogP contribution in [0.15, 0.2) is 66.7 Å². The lowest BCUT2D eigenvalue weighted by Crippen LogP contribution is -2.21. The second kappa shape index (κ2) is 11.7. The molecule has 1 aliphatic heterocycles. The van der Waals surface area contributed by atoms with Crippen LogP contribution >= 0.6 is 0 Å². The molecule has 1 nitrogen and oxygen atoms in total. The van der Waals surface area contributed by atoms with E-state index < -0.39 is 11.6 Å². The lowest BCUT2D eigenvalue weighted by Gasteiger charge is -2.29. The SMILES string of the molecule is CC=CCCC1CCC(c2ccc(-c3ccc(-c4ccc(CCC)c(F)c4F)cc3)cc2F)OC1. The Hall–Kier alpha value is -2.85. The average molecular weight is 479 g/mol. The molecule has 0 aromatic heterocycles. The Bertz CT molecular complexity index is 1160. The van der Waals surface area contributed by atoms with Crippen LogP contribution in [-0.2, 0) is 11.2 Å². The Morgan fingerprint density at radius 2 is 1.63 bits per heavy atom. The van der Waals surface area contributed by atoms with Crippen molar-refractivity contribution in [2.45, 2.75) is 58.5 Å². The molecule has 0 amide bonds. The highest BCUT2D eigenvalue weighted by atomic mass is 19.2. The fourth-order valence-corrected chi connectivity index (χ4v) is 4.86. The lowest BCUT2D eigenvalue weighted by molar-refractivity contribution is -0.0207. The molecule has 4 rings (SSSR count). The lowest BCUT2D eigenvalue weighted by atomic mass is 9.90. The Balaban J connectivity index is 1.45. The van der Waals surface area contributed by atoms with Gasteiger partial charge < -0.3 is 4.74 Å². The number of allylic oxidation sites excluding steroid dienone is 2. The van der Waals surface area contributed by atoms with Crippen LogP contribution in [0.1, 0.15) is 63.2 Å². The summed E-state index contributed by atoms with van der Waals surface area (Å²) in [6, 6.07) is 15.6. The van der Waals surface area contributed by atoms with Crippen molar-refractivity contribution in [3.8, 4) is 22.3 Å². The molecule has 0 saturated carbocycles. The molecular weight excluding hydrogens is 445 g/mol. The Labute approximate surface area is 206 Å². The van der Waals surface area contributed by atoms with Crippen LogP contribution in [0.25, 0.3) is 22.3 Å². The fraction of sp³-hybridized carbons (Fsp3) is 0.355. The molecule has 2 atom stereocenters. The highest BCUT2D eigenvalue weighted by molar-refractivity contribution is 5.71. The summed E-state index contributed by atoms with van der Waals surface area (Å²) in [5.41, 5.74) is 3.37. The number of halogens is 3. The maximum Gasteiger partial charge on any atom is 0.166 e. The van der Waals surface area contributed by atoms with Gasteiger partial charge in [-0.05, 0) is 73.3 Å². The van der Waals surface area contributed by atoms with Crippen LogP contribution in [-0.4, -0.2) is 6.61 Å². The predicted octanol–water partition coefficient (Wildman–Crippen LogP) is 9.21. The number of benzene rings is 3. The minimum Gasteiger partial charge on any atom is -0.373 e. The minimum atomic E-state index is -0.823. The van der Waals surface area contributed by atoms with Crippen LogP contribution in [0.4, 0.5) is 13.2 Å². The molecule has 1 aliphatic rings. The first-order chi connectivity index (χ1) is 17.0. The standard InChI is InChI=1S/C31H33F3O/c1-3-5-6-8-21-9-18-29(35-20-21)27-17-15-25(19-28(27)32)22-10-12-23(13-11-22)26-16-14-24(7-4-2)30(33)31(26)34/h3,5,10-17,19,21,29H,4,6-9,18,20H2,1-2H3. The zero-order chi connectivity index (χ0) is 24.8. The summed E-state index contributed by atoms with van der Waals surface area (Å²) >= 11 is 0. The van der Waals surface area contributed by atoms with E-state index in [4.69, 9.17) is 4.74 Å². The maximum atomic E-state index is 15.0. The van der Waals surface area contributed by atoms with Gasteiger partial charge in [-0.2, -0.15) is 0 Å². The maximum absolute atomic E-state index is 15.0. The monoisotopic (exact) mass is 478 g/mol. The molecule has 4 heteroatoms. The molecular formula is C31H33F3O. The van der Waals surface area contributed by atoms with Crippen LogP contribution in [0.5, 0.6) is 0 Å². The Morgan fingerprint density at radius 1 is 0.886 bits per heavy atom. The molecule has 1 saturated heterocycles. The number of ether oxygens (including phenoxy) is 1. The zero-order valence-corrected chi connectivity index (χ0v) is 20.5. The van der Waals surface area contributed by atoms with Crippen molar-refractivity contribution in [1.82, 2.24) is 0 Å². The molecule has 0 N–H and O–H groups in total. The molecule has 1 fully saturated rings. The second-order valence-corrected chi connectivity index (χ2v) is 9.38. The minimum absolute atomic E-state index is 0.210. The van der Waals surface area contributed by atoms with E-state index >= 15 is 4.39 Å². The van der Waals surface area contributed by atoms with Gasteiger partial charge in [0.05, 0.1) is 12.7 Å². The number of hydrogen-bond acceptors (Lipinski definition) is 1. The first kappa shape index (κ1) is 25.2. The average Bonchev–Trinajstić information content (AvgIpc) is 2.88. The number of hydrogen-bond donors (Lipinski definition) is 0. The highest BCUT2D eigenvalue weighted by Crippen LogP contribution is 2.35. The van der Waals surface area contributed by atoms with Crippen molar-refractivity contribution in [3.63, 3.8) is 0 Å². The van der Waals surface area contributed by atoms with Crippen molar-refractivity contribution < 1.29 is 17.9 Å². The number of rotatable bonds is 8. The van der Waals surface area contributed by atoms with Gasteiger partial charge in [0.25, 0.3) is 0 Å². The quantitative estimate of drug-likeness (QED) is 0.293. The molecule has 184 valence electrons. The molecule has 3 aromatic rings.